The molecule has 0 bridgehead atoms. The predicted molar refractivity (Wildman–Crippen MR) is 174 cm³/mol. The van der Waals surface area contributed by atoms with Gasteiger partial charge in [0.2, 0.25) is 0 Å². The lowest BCUT2D eigenvalue weighted by Gasteiger charge is -2.36. The molecule has 0 saturated carbocycles. The Morgan fingerprint density at radius 2 is 1.98 bits per heavy atom. The van der Waals surface area contributed by atoms with E-state index in [1.54, 1.807) is 6.08 Å². The van der Waals surface area contributed by atoms with Crippen LogP contribution in [-0.4, -0.2) is 29.3 Å². The Morgan fingerprint density at radius 3 is 2.68 bits per heavy atom. The Balaban J connectivity index is 1.75. The first-order valence-corrected chi connectivity index (χ1v) is 14.7. The number of nitrogen functional groups attached to an aromatic ring is 1. The molecule has 0 amide bonds. The van der Waals surface area contributed by atoms with Gasteiger partial charge in [-0.25, -0.2) is 4.79 Å². The molecule has 2 aliphatic rings. The van der Waals surface area contributed by atoms with Crippen LogP contribution in [0, 0.1) is 5.92 Å². The minimum absolute atomic E-state index is 0.103. The highest BCUT2D eigenvalue weighted by atomic mass is 16.1. The van der Waals surface area contributed by atoms with Crippen LogP contribution in [-0.2, 0) is 4.79 Å². The molecule has 2 N–H and O–H groups in total. The lowest BCUT2D eigenvalue weighted by molar-refractivity contribution is 0.336. The summed E-state index contributed by atoms with van der Waals surface area (Å²) < 4.78 is 0. The van der Waals surface area contributed by atoms with Gasteiger partial charge < -0.3 is 15.5 Å². The molecule has 2 aromatic carbocycles. The van der Waals surface area contributed by atoms with E-state index < -0.39 is 0 Å². The van der Waals surface area contributed by atoms with Gasteiger partial charge in [-0.3, -0.25) is 0 Å². The number of hydrogen-bond donors (Lipinski definition) is 1. The highest BCUT2D eigenvalue weighted by Crippen LogP contribution is 2.37. The molecule has 0 radical (unpaired) electrons. The van der Waals surface area contributed by atoms with E-state index in [0.29, 0.717) is 11.6 Å². The van der Waals surface area contributed by atoms with Crippen molar-refractivity contribution in [1.82, 2.24) is 9.80 Å². The number of rotatable bonds is 10. The normalized spacial score (nSPS) is 17.7. The molecule has 1 aliphatic carbocycles. The molecule has 1 heterocycles. The summed E-state index contributed by atoms with van der Waals surface area (Å²) in [5, 5.41) is 0. The van der Waals surface area contributed by atoms with Crippen LogP contribution >= 0.6 is 0 Å². The van der Waals surface area contributed by atoms with Crippen molar-refractivity contribution < 1.29 is 4.79 Å². The zero-order valence-electron chi connectivity index (χ0n) is 24.9. The third-order valence-corrected chi connectivity index (χ3v) is 7.79. The third-order valence-electron chi connectivity index (χ3n) is 7.79. The number of nitrogens with zero attached hydrogens (tertiary/aromatic N) is 2. The first-order valence-electron chi connectivity index (χ1n) is 14.7. The fourth-order valence-electron chi connectivity index (χ4n) is 5.51. The van der Waals surface area contributed by atoms with Crippen molar-refractivity contribution in [3.63, 3.8) is 0 Å². The van der Waals surface area contributed by atoms with Crippen LogP contribution in [0.5, 0.6) is 0 Å². The van der Waals surface area contributed by atoms with E-state index in [2.05, 4.69) is 123 Å². The van der Waals surface area contributed by atoms with Gasteiger partial charge in [0.05, 0.1) is 11.7 Å². The Labute approximate surface area is 246 Å². The Hall–Kier alpha value is -4.27. The Bertz CT molecular complexity index is 1450. The zero-order chi connectivity index (χ0) is 29.4. The maximum Gasteiger partial charge on any atom is 0.151 e. The third kappa shape index (κ3) is 7.28. The highest BCUT2D eigenvalue weighted by molar-refractivity contribution is 5.73. The average Bonchev–Trinajstić information content (AvgIpc) is 3.19. The standard InChI is InChI=1S/C37H43N3O/c1-6-8-9-13-29-22-35(25-39(5)24-29)40(37(26-41)34-14-11-10-12-27(3)21-34)28(4)31-15-17-32(18-16-31)33-19-20-36(38)30(7-2)23-33/h7,9-11,13-20,22-23,25,27-28H,2,6,8,12,21,24,38H2,1,3-5H3/b13-9+. The predicted octanol–water partition coefficient (Wildman–Crippen LogP) is 8.64. The van der Waals surface area contributed by atoms with Gasteiger partial charge in [0.25, 0.3) is 0 Å². The van der Waals surface area contributed by atoms with E-state index in [1.165, 1.54) is 5.57 Å². The molecule has 212 valence electrons. The van der Waals surface area contributed by atoms with E-state index in [0.717, 1.165) is 71.4 Å². The van der Waals surface area contributed by atoms with Crippen LogP contribution in [0.3, 0.4) is 0 Å². The van der Waals surface area contributed by atoms with E-state index >= 15 is 0 Å². The lowest BCUT2D eigenvalue weighted by Crippen LogP contribution is -2.31. The minimum atomic E-state index is -0.103. The molecule has 0 fully saturated rings. The number of benzene rings is 2. The summed E-state index contributed by atoms with van der Waals surface area (Å²) in [7, 11) is 2.09. The Kier molecular flexibility index (Phi) is 10.1. The molecule has 2 aromatic rings. The molecular weight excluding hydrogens is 502 g/mol. The smallest absolute Gasteiger partial charge is 0.151 e. The van der Waals surface area contributed by atoms with Gasteiger partial charge in [-0.2, -0.15) is 0 Å². The summed E-state index contributed by atoms with van der Waals surface area (Å²) in [6, 6.07) is 14.5. The minimum Gasteiger partial charge on any atom is -0.398 e. The monoisotopic (exact) mass is 545 g/mol. The summed E-state index contributed by atoms with van der Waals surface area (Å²) in [5.41, 5.74) is 14.9. The Morgan fingerprint density at radius 1 is 1.22 bits per heavy atom. The first kappa shape index (κ1) is 29.7. The van der Waals surface area contributed by atoms with Gasteiger partial charge in [0.15, 0.2) is 5.94 Å². The summed E-state index contributed by atoms with van der Waals surface area (Å²) in [4.78, 5) is 17.1. The summed E-state index contributed by atoms with van der Waals surface area (Å²) in [6.45, 7) is 11.3. The van der Waals surface area contributed by atoms with Crippen LogP contribution in [0.1, 0.15) is 63.6 Å². The van der Waals surface area contributed by atoms with Crippen molar-refractivity contribution in [3.05, 3.63) is 125 Å². The second-order valence-electron chi connectivity index (χ2n) is 11.2. The van der Waals surface area contributed by atoms with E-state index in [-0.39, 0.29) is 6.04 Å². The molecular formula is C37H43N3O. The number of hydrogen-bond acceptors (Lipinski definition) is 4. The van der Waals surface area contributed by atoms with Crippen molar-refractivity contribution in [2.24, 2.45) is 5.92 Å². The number of allylic oxidation sites excluding steroid dienone is 6. The van der Waals surface area contributed by atoms with Crippen LogP contribution in [0.25, 0.3) is 17.2 Å². The molecule has 0 saturated heterocycles. The van der Waals surface area contributed by atoms with Crippen LogP contribution in [0.2, 0.25) is 0 Å². The van der Waals surface area contributed by atoms with Crippen molar-refractivity contribution in [3.8, 4) is 11.1 Å². The quantitative estimate of drug-likeness (QED) is 0.240. The number of anilines is 1. The summed E-state index contributed by atoms with van der Waals surface area (Å²) in [5.74, 6) is 2.82. The lowest BCUT2D eigenvalue weighted by atomic mass is 9.94. The second kappa shape index (κ2) is 13.9. The fraction of sp³-hybridized carbons (Fsp3) is 0.297. The molecule has 4 heteroatoms. The van der Waals surface area contributed by atoms with E-state index in [1.807, 2.05) is 12.1 Å². The molecule has 41 heavy (non-hydrogen) atoms. The largest absolute Gasteiger partial charge is 0.398 e. The van der Waals surface area contributed by atoms with Gasteiger partial charge in [-0.1, -0.05) is 93.6 Å². The van der Waals surface area contributed by atoms with E-state index in [9.17, 15) is 4.79 Å². The van der Waals surface area contributed by atoms with Crippen molar-refractivity contribution in [2.75, 3.05) is 19.3 Å². The van der Waals surface area contributed by atoms with Crippen LogP contribution in [0.4, 0.5) is 5.69 Å². The molecule has 0 spiro atoms. The van der Waals surface area contributed by atoms with Crippen LogP contribution < -0.4 is 5.73 Å². The molecule has 1 aliphatic heterocycles. The van der Waals surface area contributed by atoms with Gasteiger partial charge in [-0.05, 0) is 83.7 Å². The number of carbonyl (C=O) groups excluding carboxylic acids is 1. The zero-order valence-corrected chi connectivity index (χ0v) is 24.9. The van der Waals surface area contributed by atoms with Crippen LogP contribution in [0.15, 0.2) is 114 Å². The summed E-state index contributed by atoms with van der Waals surface area (Å²) >= 11 is 0. The maximum atomic E-state index is 12.8. The SMILES string of the molecule is C=Cc1cc(-c2ccc(C(C)N(C(=C=O)C3=CC=CCC(C)C3)C3=CN(C)CC(/C=C/CCC)=C3)cc2)ccc1N. The van der Waals surface area contributed by atoms with Gasteiger partial charge >= 0.3 is 0 Å². The van der Waals surface area contributed by atoms with E-state index in [4.69, 9.17) is 5.73 Å². The highest BCUT2D eigenvalue weighted by Gasteiger charge is 2.28. The molecule has 4 nitrogen and oxygen atoms in total. The van der Waals surface area contributed by atoms with Crippen molar-refractivity contribution >= 4 is 17.7 Å². The average molecular weight is 546 g/mol. The first-order chi connectivity index (χ1) is 19.8. The number of unbranched alkanes of at least 4 members (excludes halogenated alkanes) is 1. The molecule has 2 unspecified atom stereocenters. The molecule has 4 rings (SSSR count). The number of likely N-dealkylation sites (N-methyl/N-ethyl adjacent to an activating group) is 1. The fourth-order valence-corrected chi connectivity index (χ4v) is 5.51. The molecule has 2 atom stereocenters. The second-order valence-corrected chi connectivity index (χ2v) is 11.2. The molecule has 0 aromatic heterocycles. The van der Waals surface area contributed by atoms with Gasteiger partial charge in [0.1, 0.15) is 5.70 Å². The van der Waals surface area contributed by atoms with Crippen molar-refractivity contribution in [2.45, 2.75) is 52.5 Å². The van der Waals surface area contributed by atoms with Gasteiger partial charge in [0, 0.05) is 25.5 Å². The summed E-state index contributed by atoms with van der Waals surface area (Å²) in [6.07, 6.45) is 20.9. The topological polar surface area (TPSA) is 49.6 Å². The maximum absolute atomic E-state index is 12.8. The van der Waals surface area contributed by atoms with Crippen molar-refractivity contribution in [1.29, 1.82) is 0 Å². The number of nitrogens with two attached hydrogens (primary N) is 1. The van der Waals surface area contributed by atoms with Gasteiger partial charge in [-0.15, -0.1) is 0 Å².